The van der Waals surface area contributed by atoms with E-state index in [-0.39, 0.29) is 5.41 Å². The summed E-state index contributed by atoms with van der Waals surface area (Å²) in [6.45, 7) is 2.68. The van der Waals surface area contributed by atoms with Crippen LogP contribution in [0.1, 0.15) is 36.1 Å². The first kappa shape index (κ1) is 20.7. The quantitative estimate of drug-likeness (QED) is 0.575. The molecule has 3 aromatic rings. The van der Waals surface area contributed by atoms with Gasteiger partial charge in [-0.15, -0.1) is 11.3 Å². The van der Waals surface area contributed by atoms with Crippen LogP contribution in [0.25, 0.3) is 10.2 Å². The van der Waals surface area contributed by atoms with Crippen molar-refractivity contribution in [2.75, 3.05) is 18.0 Å². The molecule has 4 nitrogen and oxygen atoms in total. The van der Waals surface area contributed by atoms with Gasteiger partial charge in [0.25, 0.3) is 0 Å². The molecule has 5 rings (SSSR count). The summed E-state index contributed by atoms with van der Waals surface area (Å²) in [6.07, 6.45) is 0.926. The summed E-state index contributed by atoms with van der Waals surface area (Å²) in [7, 11) is 0. The van der Waals surface area contributed by atoms with Crippen LogP contribution in [0.2, 0.25) is 0 Å². The zero-order chi connectivity index (χ0) is 21.5. The maximum absolute atomic E-state index is 12.8. The van der Waals surface area contributed by atoms with Gasteiger partial charge in [0.2, 0.25) is 0 Å². The predicted octanol–water partition coefficient (Wildman–Crippen LogP) is 5.33. The minimum atomic E-state index is -4.21. The van der Waals surface area contributed by atoms with Crippen molar-refractivity contribution in [2.45, 2.75) is 50.9 Å². The van der Waals surface area contributed by atoms with Gasteiger partial charge in [0, 0.05) is 30.6 Å². The van der Waals surface area contributed by atoms with Crippen LogP contribution >= 0.6 is 11.3 Å². The number of fused-ring (bicyclic) bond motifs is 1. The number of thiophene rings is 1. The summed E-state index contributed by atoms with van der Waals surface area (Å²) in [5.41, 5.74) is 1.56. The van der Waals surface area contributed by atoms with Crippen molar-refractivity contribution in [3.63, 3.8) is 0 Å². The lowest BCUT2D eigenvalue weighted by Crippen LogP contribution is -2.30. The second-order valence-corrected chi connectivity index (χ2v) is 10.0. The van der Waals surface area contributed by atoms with Gasteiger partial charge >= 0.3 is 6.18 Å². The molecule has 1 aromatic carbocycles. The van der Waals surface area contributed by atoms with Crippen molar-refractivity contribution in [1.29, 1.82) is 0 Å². The van der Waals surface area contributed by atoms with E-state index >= 15 is 0 Å². The highest BCUT2D eigenvalue weighted by atomic mass is 32.1. The summed E-state index contributed by atoms with van der Waals surface area (Å²) in [5, 5.41) is 4.46. The number of nitrogens with zero attached hydrogens (tertiary/aromatic N) is 3. The van der Waals surface area contributed by atoms with Crippen LogP contribution in [0.15, 0.2) is 42.7 Å². The Morgan fingerprint density at radius 3 is 2.81 bits per heavy atom. The first-order valence-electron chi connectivity index (χ1n) is 10.7. The van der Waals surface area contributed by atoms with Gasteiger partial charge < -0.3 is 10.2 Å². The van der Waals surface area contributed by atoms with Gasteiger partial charge in [-0.25, -0.2) is 9.97 Å². The summed E-state index contributed by atoms with van der Waals surface area (Å²) in [4.78, 5) is 11.9. The molecule has 0 bridgehead atoms. The predicted molar refractivity (Wildman–Crippen MR) is 117 cm³/mol. The molecule has 8 heteroatoms. The Labute approximate surface area is 183 Å². The lowest BCUT2D eigenvalue weighted by molar-refractivity contribution is -0.126. The van der Waals surface area contributed by atoms with Crippen molar-refractivity contribution in [3.8, 4) is 0 Å². The van der Waals surface area contributed by atoms with E-state index in [1.807, 2.05) is 6.07 Å². The van der Waals surface area contributed by atoms with E-state index in [0.29, 0.717) is 15.7 Å². The molecule has 3 heterocycles. The van der Waals surface area contributed by atoms with Crippen LogP contribution in [0.3, 0.4) is 0 Å². The SMILES string of the molecule is FC(F)(F)Cc1cc2c(N3CC[C@]4(CC[C@@H](NCc5ccccc5)C4)C3)ncnc2s1. The maximum atomic E-state index is 12.8. The normalized spacial score (nSPS) is 24.0. The van der Waals surface area contributed by atoms with E-state index in [4.69, 9.17) is 0 Å². The van der Waals surface area contributed by atoms with Gasteiger partial charge in [-0.2, -0.15) is 13.2 Å². The molecule has 1 spiro atoms. The number of hydrogen-bond donors (Lipinski definition) is 1. The maximum Gasteiger partial charge on any atom is 0.393 e. The number of rotatable bonds is 5. The third-order valence-electron chi connectivity index (χ3n) is 6.61. The van der Waals surface area contributed by atoms with Crippen LogP contribution in [0.5, 0.6) is 0 Å². The standard InChI is InChI=1S/C23H25F3N4S/c24-23(25,26)12-18-10-19-20(28-15-29-21(19)31-18)30-9-8-22(14-30)7-6-17(11-22)27-13-16-4-2-1-3-5-16/h1-5,10,15,17,27H,6-9,11-14H2/t17-,22+/m1/s1. The zero-order valence-corrected chi connectivity index (χ0v) is 18.0. The minimum Gasteiger partial charge on any atom is -0.355 e. The van der Waals surface area contributed by atoms with Gasteiger partial charge in [-0.1, -0.05) is 30.3 Å². The number of alkyl halides is 3. The number of nitrogens with one attached hydrogen (secondary N) is 1. The van der Waals surface area contributed by atoms with Crippen LogP contribution in [0.4, 0.5) is 19.0 Å². The topological polar surface area (TPSA) is 41.0 Å². The van der Waals surface area contributed by atoms with Gasteiger partial charge in [-0.05, 0) is 42.7 Å². The third-order valence-corrected chi connectivity index (χ3v) is 7.66. The Kier molecular flexibility index (Phi) is 5.38. The summed E-state index contributed by atoms with van der Waals surface area (Å²) in [5.74, 6) is 0.784. The van der Waals surface area contributed by atoms with E-state index in [1.165, 1.54) is 18.3 Å². The molecule has 0 radical (unpaired) electrons. The summed E-state index contributed by atoms with van der Waals surface area (Å²) >= 11 is 1.12. The fourth-order valence-corrected chi connectivity index (χ4v) is 6.18. The Morgan fingerprint density at radius 2 is 2.00 bits per heavy atom. The highest BCUT2D eigenvalue weighted by molar-refractivity contribution is 7.18. The van der Waals surface area contributed by atoms with Crippen molar-refractivity contribution in [1.82, 2.24) is 15.3 Å². The van der Waals surface area contributed by atoms with Gasteiger partial charge in [0.05, 0.1) is 11.8 Å². The van der Waals surface area contributed by atoms with Crippen molar-refractivity contribution in [3.05, 3.63) is 53.2 Å². The molecule has 2 atom stereocenters. The number of benzene rings is 1. The number of hydrogen-bond acceptors (Lipinski definition) is 5. The minimum absolute atomic E-state index is 0.260. The average Bonchev–Trinajstić information content (AvgIpc) is 3.44. The molecule has 0 amide bonds. The molecule has 2 aromatic heterocycles. The third kappa shape index (κ3) is 4.55. The fraction of sp³-hybridized carbons (Fsp3) is 0.478. The molecule has 0 unspecified atom stereocenters. The molecule has 31 heavy (non-hydrogen) atoms. The van der Waals surface area contributed by atoms with E-state index in [1.54, 1.807) is 6.07 Å². The van der Waals surface area contributed by atoms with E-state index < -0.39 is 12.6 Å². The lowest BCUT2D eigenvalue weighted by Gasteiger charge is -2.25. The molecule has 1 N–H and O–H groups in total. The van der Waals surface area contributed by atoms with Crippen LogP contribution in [0, 0.1) is 5.41 Å². The second kappa shape index (κ2) is 8.06. The first-order chi connectivity index (χ1) is 14.9. The number of halogens is 3. The Hall–Kier alpha value is -2.19. The Bertz CT molecular complexity index is 1050. The molecule has 2 aliphatic rings. The lowest BCUT2D eigenvalue weighted by atomic mass is 9.85. The van der Waals surface area contributed by atoms with Gasteiger partial charge in [0.15, 0.2) is 0 Å². The fourth-order valence-electron chi connectivity index (χ4n) is 5.16. The van der Waals surface area contributed by atoms with Crippen LogP contribution < -0.4 is 10.2 Å². The highest BCUT2D eigenvalue weighted by Gasteiger charge is 2.44. The highest BCUT2D eigenvalue weighted by Crippen LogP contribution is 2.47. The number of aromatic nitrogens is 2. The monoisotopic (exact) mass is 446 g/mol. The number of anilines is 1. The second-order valence-electron chi connectivity index (χ2n) is 8.90. The average molecular weight is 447 g/mol. The molecule has 1 saturated carbocycles. The van der Waals surface area contributed by atoms with Gasteiger partial charge in [-0.3, -0.25) is 0 Å². The Morgan fingerprint density at radius 1 is 1.16 bits per heavy atom. The van der Waals surface area contributed by atoms with E-state index in [0.717, 1.165) is 61.4 Å². The van der Waals surface area contributed by atoms with Crippen molar-refractivity contribution in [2.24, 2.45) is 5.41 Å². The van der Waals surface area contributed by atoms with Crippen LogP contribution in [-0.4, -0.2) is 35.3 Å². The molecule has 164 valence electrons. The molecular formula is C23H25F3N4S. The first-order valence-corrected chi connectivity index (χ1v) is 11.5. The smallest absolute Gasteiger partial charge is 0.355 e. The summed E-state index contributed by atoms with van der Waals surface area (Å²) in [6, 6.07) is 12.6. The van der Waals surface area contributed by atoms with E-state index in [9.17, 15) is 13.2 Å². The molecule has 1 saturated heterocycles. The zero-order valence-electron chi connectivity index (χ0n) is 17.2. The van der Waals surface area contributed by atoms with Crippen molar-refractivity contribution < 1.29 is 13.2 Å². The molecule has 1 aliphatic heterocycles. The molecule has 1 aliphatic carbocycles. The van der Waals surface area contributed by atoms with Crippen molar-refractivity contribution >= 4 is 27.4 Å². The van der Waals surface area contributed by atoms with Crippen LogP contribution in [-0.2, 0) is 13.0 Å². The molecule has 2 fully saturated rings. The molecular weight excluding hydrogens is 421 g/mol. The Balaban J connectivity index is 1.27. The van der Waals surface area contributed by atoms with Gasteiger partial charge in [0.1, 0.15) is 17.0 Å². The largest absolute Gasteiger partial charge is 0.393 e. The van der Waals surface area contributed by atoms with E-state index in [2.05, 4.69) is 44.5 Å². The summed E-state index contributed by atoms with van der Waals surface area (Å²) < 4.78 is 38.5.